The van der Waals surface area contributed by atoms with Gasteiger partial charge in [-0.05, 0) is 24.6 Å². The Balaban J connectivity index is 1.92. The summed E-state index contributed by atoms with van der Waals surface area (Å²) in [5, 5.41) is 3.32. The van der Waals surface area contributed by atoms with Crippen LogP contribution in [0.15, 0.2) is 24.3 Å². The molecule has 1 aromatic rings. The Morgan fingerprint density at radius 2 is 2.18 bits per heavy atom. The maximum Gasteiger partial charge on any atom is 0.324 e. The summed E-state index contributed by atoms with van der Waals surface area (Å²) in [6, 6.07) is 8.60. The summed E-state index contributed by atoms with van der Waals surface area (Å²) >= 11 is 0. The van der Waals surface area contributed by atoms with Crippen LogP contribution in [0.3, 0.4) is 0 Å². The minimum atomic E-state index is 0.123. The zero-order chi connectivity index (χ0) is 11.8. The van der Waals surface area contributed by atoms with Gasteiger partial charge in [-0.25, -0.2) is 4.79 Å². The van der Waals surface area contributed by atoms with Crippen molar-refractivity contribution in [2.45, 2.75) is 19.0 Å². The number of urea groups is 1. The smallest absolute Gasteiger partial charge is 0.316 e. The number of benzene rings is 1. The Kier molecular flexibility index (Phi) is 2.52. The van der Waals surface area contributed by atoms with Crippen molar-refractivity contribution < 1.29 is 4.79 Å². The molecule has 3 rings (SSSR count). The van der Waals surface area contributed by atoms with Gasteiger partial charge in [0.15, 0.2) is 0 Å². The third kappa shape index (κ3) is 1.69. The molecule has 1 fully saturated rings. The fraction of sp³-hybridized carbons (Fsp3) is 0.462. The van der Waals surface area contributed by atoms with Crippen molar-refractivity contribution in [3.63, 3.8) is 0 Å². The number of hydrogen-bond donors (Lipinski definition) is 1. The van der Waals surface area contributed by atoms with E-state index in [1.54, 1.807) is 4.90 Å². The summed E-state index contributed by atoms with van der Waals surface area (Å²) in [5.41, 5.74) is 2.28. The Bertz CT molecular complexity index is 440. The maximum atomic E-state index is 12.3. The second kappa shape index (κ2) is 4.04. The summed E-state index contributed by atoms with van der Waals surface area (Å²) in [5.74, 6) is 0. The van der Waals surface area contributed by atoms with E-state index in [0.29, 0.717) is 6.04 Å². The normalized spacial score (nSPS) is 24.1. The van der Waals surface area contributed by atoms with Gasteiger partial charge in [0.1, 0.15) is 0 Å². The Labute approximate surface area is 101 Å². The maximum absolute atomic E-state index is 12.3. The summed E-state index contributed by atoms with van der Waals surface area (Å²) < 4.78 is 0. The highest BCUT2D eigenvalue weighted by molar-refractivity contribution is 5.94. The first kappa shape index (κ1) is 10.6. The molecule has 0 spiro atoms. The van der Waals surface area contributed by atoms with Crippen molar-refractivity contribution in [1.29, 1.82) is 0 Å². The Hall–Kier alpha value is -1.55. The molecule has 1 atom stereocenters. The van der Waals surface area contributed by atoms with E-state index in [2.05, 4.69) is 11.4 Å². The zero-order valence-electron chi connectivity index (χ0n) is 10.0. The number of amides is 2. The van der Waals surface area contributed by atoms with E-state index in [-0.39, 0.29) is 6.03 Å². The van der Waals surface area contributed by atoms with Crippen LogP contribution < -0.4 is 10.2 Å². The molecule has 0 aromatic heterocycles. The van der Waals surface area contributed by atoms with Gasteiger partial charge in [-0.1, -0.05) is 18.2 Å². The molecule has 0 bridgehead atoms. The summed E-state index contributed by atoms with van der Waals surface area (Å²) in [6.07, 6.45) is 1.06. The Morgan fingerprint density at radius 1 is 1.35 bits per heavy atom. The van der Waals surface area contributed by atoms with Gasteiger partial charge in [0, 0.05) is 26.2 Å². The Morgan fingerprint density at radius 3 is 2.94 bits per heavy atom. The molecule has 4 heteroatoms. The summed E-state index contributed by atoms with van der Waals surface area (Å²) in [4.78, 5) is 16.0. The minimum absolute atomic E-state index is 0.123. The number of carbonyl (C=O) groups excluding carboxylic acids is 1. The van der Waals surface area contributed by atoms with Crippen molar-refractivity contribution in [3.05, 3.63) is 29.8 Å². The summed E-state index contributed by atoms with van der Waals surface area (Å²) in [7, 11) is 1.86. The second-order valence-corrected chi connectivity index (χ2v) is 4.74. The molecule has 0 aliphatic carbocycles. The van der Waals surface area contributed by atoms with Crippen LogP contribution in [0.5, 0.6) is 0 Å². The lowest BCUT2D eigenvalue weighted by Gasteiger charge is -2.38. The van der Waals surface area contributed by atoms with E-state index in [1.807, 2.05) is 30.1 Å². The van der Waals surface area contributed by atoms with E-state index >= 15 is 0 Å². The average Bonchev–Trinajstić information content (AvgIpc) is 2.87. The lowest BCUT2D eigenvalue weighted by molar-refractivity contribution is 0.179. The molecular weight excluding hydrogens is 214 g/mol. The first-order chi connectivity index (χ1) is 8.27. The molecule has 0 saturated carbocycles. The van der Waals surface area contributed by atoms with Crippen molar-refractivity contribution >= 4 is 11.7 Å². The van der Waals surface area contributed by atoms with Crippen molar-refractivity contribution in [2.75, 3.05) is 25.0 Å². The van der Waals surface area contributed by atoms with E-state index < -0.39 is 0 Å². The molecule has 2 aliphatic heterocycles. The van der Waals surface area contributed by atoms with Gasteiger partial charge < -0.3 is 10.2 Å². The molecule has 1 aromatic carbocycles. The SMILES string of the molecule is CN1C(=O)N(C2CCNC2)Cc2ccccc21. The van der Waals surface area contributed by atoms with Gasteiger partial charge in [-0.3, -0.25) is 4.90 Å². The van der Waals surface area contributed by atoms with Crippen LogP contribution in [0.1, 0.15) is 12.0 Å². The second-order valence-electron chi connectivity index (χ2n) is 4.74. The minimum Gasteiger partial charge on any atom is -0.316 e. The number of carbonyl (C=O) groups is 1. The number of hydrogen-bond acceptors (Lipinski definition) is 2. The number of rotatable bonds is 1. The standard InChI is InChI=1S/C13H17N3O/c1-15-12-5-3-2-4-10(12)9-16(13(15)17)11-6-7-14-8-11/h2-5,11,14H,6-9H2,1H3. The molecule has 1 unspecified atom stereocenters. The largest absolute Gasteiger partial charge is 0.324 e. The van der Waals surface area contributed by atoms with Crippen LogP contribution in [-0.4, -0.2) is 37.1 Å². The van der Waals surface area contributed by atoms with Crippen LogP contribution in [-0.2, 0) is 6.54 Å². The van der Waals surface area contributed by atoms with Gasteiger partial charge in [0.05, 0.1) is 5.69 Å². The van der Waals surface area contributed by atoms with Crippen molar-refractivity contribution in [3.8, 4) is 0 Å². The quantitative estimate of drug-likeness (QED) is 0.793. The van der Waals surface area contributed by atoms with E-state index in [9.17, 15) is 4.79 Å². The summed E-state index contributed by atoms with van der Waals surface area (Å²) in [6.45, 7) is 2.67. The van der Waals surface area contributed by atoms with Gasteiger partial charge in [0.2, 0.25) is 0 Å². The molecule has 17 heavy (non-hydrogen) atoms. The molecule has 0 radical (unpaired) electrons. The molecule has 2 aliphatic rings. The van der Waals surface area contributed by atoms with Crippen molar-refractivity contribution in [2.24, 2.45) is 0 Å². The fourth-order valence-corrected chi connectivity index (χ4v) is 2.71. The number of nitrogens with zero attached hydrogens (tertiary/aromatic N) is 2. The highest BCUT2D eigenvalue weighted by atomic mass is 16.2. The highest BCUT2D eigenvalue weighted by Gasteiger charge is 2.33. The van der Waals surface area contributed by atoms with E-state index in [1.165, 1.54) is 5.56 Å². The molecule has 1 N–H and O–H groups in total. The van der Waals surface area contributed by atoms with Crippen LogP contribution in [0, 0.1) is 0 Å². The monoisotopic (exact) mass is 231 g/mol. The van der Waals surface area contributed by atoms with E-state index in [4.69, 9.17) is 0 Å². The first-order valence-electron chi connectivity index (χ1n) is 6.10. The molecule has 4 nitrogen and oxygen atoms in total. The van der Waals surface area contributed by atoms with Gasteiger partial charge in [0.25, 0.3) is 0 Å². The molecule has 90 valence electrons. The molecule has 1 saturated heterocycles. The average molecular weight is 231 g/mol. The highest BCUT2D eigenvalue weighted by Crippen LogP contribution is 2.29. The lowest BCUT2D eigenvalue weighted by Crippen LogP contribution is -2.50. The number of para-hydroxylation sites is 1. The van der Waals surface area contributed by atoms with Gasteiger partial charge in [-0.2, -0.15) is 0 Å². The van der Waals surface area contributed by atoms with Crippen LogP contribution in [0.4, 0.5) is 10.5 Å². The lowest BCUT2D eigenvalue weighted by atomic mass is 10.1. The fourth-order valence-electron chi connectivity index (χ4n) is 2.71. The van der Waals surface area contributed by atoms with Crippen molar-refractivity contribution in [1.82, 2.24) is 10.2 Å². The van der Waals surface area contributed by atoms with Crippen LogP contribution in [0.2, 0.25) is 0 Å². The molecule has 2 amide bonds. The topological polar surface area (TPSA) is 35.6 Å². The number of anilines is 1. The third-order valence-electron chi connectivity index (χ3n) is 3.70. The van der Waals surface area contributed by atoms with Gasteiger partial charge >= 0.3 is 6.03 Å². The predicted octanol–water partition coefficient (Wildman–Crippen LogP) is 1.42. The number of nitrogens with one attached hydrogen (secondary N) is 1. The molecular formula is C13H17N3O. The molecule has 2 heterocycles. The third-order valence-corrected chi connectivity index (χ3v) is 3.70. The predicted molar refractivity (Wildman–Crippen MR) is 67.1 cm³/mol. The van der Waals surface area contributed by atoms with Gasteiger partial charge in [-0.15, -0.1) is 0 Å². The van der Waals surface area contributed by atoms with Crippen LogP contribution >= 0.6 is 0 Å². The number of fused-ring (bicyclic) bond motifs is 1. The van der Waals surface area contributed by atoms with Crippen LogP contribution in [0.25, 0.3) is 0 Å². The zero-order valence-corrected chi connectivity index (χ0v) is 10.0. The van der Waals surface area contributed by atoms with E-state index in [0.717, 1.165) is 31.7 Å². The first-order valence-corrected chi connectivity index (χ1v) is 6.10.